The maximum Gasteiger partial charge on any atom is 0.119 e. The van der Waals surface area contributed by atoms with Crippen LogP contribution in [0.15, 0.2) is 24.3 Å². The van der Waals surface area contributed by atoms with Crippen LogP contribution < -0.4 is 10.1 Å². The fourth-order valence-corrected chi connectivity index (χ4v) is 4.23. The Labute approximate surface area is 116 Å². The Morgan fingerprint density at radius 2 is 2.11 bits per heavy atom. The summed E-state index contributed by atoms with van der Waals surface area (Å²) in [6.45, 7) is 2.35. The van der Waals surface area contributed by atoms with Crippen LogP contribution in [0.3, 0.4) is 0 Å². The van der Waals surface area contributed by atoms with Crippen LogP contribution in [0, 0.1) is 5.92 Å². The molecule has 2 aliphatic rings. The molecule has 2 atom stereocenters. The summed E-state index contributed by atoms with van der Waals surface area (Å²) in [7, 11) is 1.77. The Hall–Kier alpha value is -1.02. The van der Waals surface area contributed by atoms with Crippen LogP contribution in [0.4, 0.5) is 0 Å². The highest BCUT2D eigenvalue weighted by molar-refractivity contribution is 5.35. The molecule has 0 aromatic heterocycles. The van der Waals surface area contributed by atoms with Crippen molar-refractivity contribution in [3.63, 3.8) is 0 Å². The highest BCUT2D eigenvalue weighted by Gasteiger charge is 2.42. The van der Waals surface area contributed by atoms with E-state index in [-0.39, 0.29) is 0 Å². The molecular weight excluding hydrogens is 234 g/mol. The van der Waals surface area contributed by atoms with Gasteiger partial charge in [0.1, 0.15) is 5.75 Å². The topological polar surface area (TPSA) is 21.3 Å². The van der Waals surface area contributed by atoms with Gasteiger partial charge in [0.15, 0.2) is 0 Å². The van der Waals surface area contributed by atoms with Crippen molar-refractivity contribution in [3.05, 3.63) is 29.8 Å². The number of hydrogen-bond donors (Lipinski definition) is 1. The third-order valence-corrected chi connectivity index (χ3v) is 5.27. The smallest absolute Gasteiger partial charge is 0.119 e. The second-order valence-electron chi connectivity index (χ2n) is 6.12. The molecule has 2 heteroatoms. The SMILES string of the molecule is COc1cccc([C@@]23CCCC[C@H]2CCNCC3)c1. The highest BCUT2D eigenvalue weighted by atomic mass is 16.5. The summed E-state index contributed by atoms with van der Waals surface area (Å²) >= 11 is 0. The minimum absolute atomic E-state index is 0.399. The van der Waals surface area contributed by atoms with Gasteiger partial charge in [0.05, 0.1) is 7.11 Å². The molecule has 0 bridgehead atoms. The normalized spacial score (nSPS) is 31.3. The lowest BCUT2D eigenvalue weighted by Gasteiger charge is -2.44. The van der Waals surface area contributed by atoms with Gasteiger partial charge in [-0.3, -0.25) is 0 Å². The summed E-state index contributed by atoms with van der Waals surface area (Å²) in [5, 5.41) is 3.60. The third kappa shape index (κ3) is 2.38. The van der Waals surface area contributed by atoms with E-state index >= 15 is 0 Å². The van der Waals surface area contributed by atoms with Gasteiger partial charge in [-0.05, 0) is 67.8 Å². The zero-order chi connectivity index (χ0) is 13.1. The van der Waals surface area contributed by atoms with Crippen molar-refractivity contribution < 1.29 is 4.74 Å². The molecule has 1 aliphatic heterocycles. The van der Waals surface area contributed by atoms with Gasteiger partial charge in [0.25, 0.3) is 0 Å². The summed E-state index contributed by atoms with van der Waals surface area (Å²) in [5.41, 5.74) is 1.91. The molecule has 1 saturated carbocycles. The summed E-state index contributed by atoms with van der Waals surface area (Å²) in [6, 6.07) is 8.83. The Bertz CT molecular complexity index is 431. The van der Waals surface area contributed by atoms with Crippen molar-refractivity contribution in [1.82, 2.24) is 5.32 Å². The first-order valence-electron chi connectivity index (χ1n) is 7.70. The quantitative estimate of drug-likeness (QED) is 0.877. The lowest BCUT2D eigenvalue weighted by molar-refractivity contribution is 0.176. The number of rotatable bonds is 2. The zero-order valence-corrected chi connectivity index (χ0v) is 12.0. The summed E-state index contributed by atoms with van der Waals surface area (Å²) in [6.07, 6.45) is 8.16. The average Bonchev–Trinajstić information content (AvgIpc) is 2.70. The van der Waals surface area contributed by atoms with Crippen molar-refractivity contribution in [3.8, 4) is 5.75 Å². The molecule has 2 nitrogen and oxygen atoms in total. The first-order chi connectivity index (χ1) is 9.35. The van der Waals surface area contributed by atoms with E-state index in [0.717, 1.165) is 18.2 Å². The lowest BCUT2D eigenvalue weighted by atomic mass is 9.60. The summed E-state index contributed by atoms with van der Waals surface area (Å²) in [4.78, 5) is 0. The van der Waals surface area contributed by atoms with E-state index in [4.69, 9.17) is 4.74 Å². The summed E-state index contributed by atoms with van der Waals surface area (Å²) < 4.78 is 5.44. The van der Waals surface area contributed by atoms with Crippen LogP contribution in [0.1, 0.15) is 44.1 Å². The number of hydrogen-bond acceptors (Lipinski definition) is 2. The van der Waals surface area contributed by atoms with Crippen molar-refractivity contribution in [2.45, 2.75) is 43.9 Å². The maximum atomic E-state index is 5.44. The van der Waals surface area contributed by atoms with Crippen LogP contribution in [-0.4, -0.2) is 20.2 Å². The minimum Gasteiger partial charge on any atom is -0.497 e. The molecule has 0 unspecified atom stereocenters. The van der Waals surface area contributed by atoms with E-state index in [1.54, 1.807) is 7.11 Å². The molecule has 1 aliphatic carbocycles. The number of nitrogens with one attached hydrogen (secondary N) is 1. The molecule has 0 radical (unpaired) electrons. The van der Waals surface area contributed by atoms with Crippen LogP contribution in [0.5, 0.6) is 5.75 Å². The van der Waals surface area contributed by atoms with Gasteiger partial charge >= 0.3 is 0 Å². The molecule has 1 heterocycles. The zero-order valence-electron chi connectivity index (χ0n) is 12.0. The fraction of sp³-hybridized carbons (Fsp3) is 0.647. The molecule has 0 amide bonds. The van der Waals surface area contributed by atoms with Crippen molar-refractivity contribution in [2.24, 2.45) is 5.92 Å². The predicted molar refractivity (Wildman–Crippen MR) is 78.7 cm³/mol. The molecule has 104 valence electrons. The van der Waals surface area contributed by atoms with Crippen molar-refractivity contribution >= 4 is 0 Å². The molecule has 2 fully saturated rings. The van der Waals surface area contributed by atoms with E-state index in [1.807, 2.05) is 0 Å². The monoisotopic (exact) mass is 259 g/mol. The molecule has 1 N–H and O–H groups in total. The standard InChI is InChI=1S/C17H25NO/c1-19-16-7-4-6-15(13-16)17-9-3-2-5-14(17)8-11-18-12-10-17/h4,6-7,13-14,18H,2-3,5,8-12H2,1H3/t14-,17+/m0/s1. The highest BCUT2D eigenvalue weighted by Crippen LogP contribution is 2.48. The van der Waals surface area contributed by atoms with Gasteiger partial charge in [0, 0.05) is 0 Å². The van der Waals surface area contributed by atoms with Crippen LogP contribution >= 0.6 is 0 Å². The van der Waals surface area contributed by atoms with Crippen molar-refractivity contribution in [2.75, 3.05) is 20.2 Å². The summed E-state index contributed by atoms with van der Waals surface area (Å²) in [5.74, 6) is 1.86. The van der Waals surface area contributed by atoms with Gasteiger partial charge in [-0.25, -0.2) is 0 Å². The lowest BCUT2D eigenvalue weighted by Crippen LogP contribution is -2.38. The fourth-order valence-electron chi connectivity index (χ4n) is 4.23. The van der Waals surface area contributed by atoms with Crippen LogP contribution in [-0.2, 0) is 5.41 Å². The van der Waals surface area contributed by atoms with Gasteiger partial charge in [0.2, 0.25) is 0 Å². The molecule has 1 aromatic carbocycles. The molecule has 1 saturated heterocycles. The molecule has 3 rings (SSSR count). The Kier molecular flexibility index (Phi) is 3.79. The molecule has 19 heavy (non-hydrogen) atoms. The minimum atomic E-state index is 0.399. The van der Waals surface area contributed by atoms with E-state index in [2.05, 4.69) is 29.6 Å². The largest absolute Gasteiger partial charge is 0.497 e. The maximum absolute atomic E-state index is 5.44. The number of benzene rings is 1. The van der Waals surface area contributed by atoms with Gasteiger partial charge in [-0.15, -0.1) is 0 Å². The van der Waals surface area contributed by atoms with Gasteiger partial charge < -0.3 is 10.1 Å². The molecular formula is C17H25NO. The van der Waals surface area contributed by atoms with E-state index in [9.17, 15) is 0 Å². The number of ether oxygens (including phenoxy) is 1. The molecule has 0 spiro atoms. The first kappa shape index (κ1) is 13.0. The second-order valence-corrected chi connectivity index (χ2v) is 6.12. The first-order valence-corrected chi connectivity index (χ1v) is 7.70. The predicted octanol–water partition coefficient (Wildman–Crippen LogP) is 3.51. The number of methoxy groups -OCH3 is 1. The Balaban J connectivity index is 1.99. The van der Waals surface area contributed by atoms with E-state index in [0.29, 0.717) is 5.41 Å². The Morgan fingerprint density at radius 1 is 1.16 bits per heavy atom. The van der Waals surface area contributed by atoms with Crippen LogP contribution in [0.2, 0.25) is 0 Å². The van der Waals surface area contributed by atoms with Gasteiger partial charge in [-0.2, -0.15) is 0 Å². The number of fused-ring (bicyclic) bond motifs is 1. The van der Waals surface area contributed by atoms with Crippen molar-refractivity contribution in [1.29, 1.82) is 0 Å². The average molecular weight is 259 g/mol. The molecule has 1 aromatic rings. The van der Waals surface area contributed by atoms with E-state index < -0.39 is 0 Å². The Morgan fingerprint density at radius 3 is 3.00 bits per heavy atom. The van der Waals surface area contributed by atoms with Gasteiger partial charge in [-0.1, -0.05) is 25.0 Å². The van der Waals surface area contributed by atoms with Crippen LogP contribution in [0.25, 0.3) is 0 Å². The van der Waals surface area contributed by atoms with E-state index in [1.165, 1.54) is 50.6 Å². The second kappa shape index (κ2) is 5.54. The third-order valence-electron chi connectivity index (χ3n) is 5.27.